The van der Waals surface area contributed by atoms with Crippen LogP contribution < -0.4 is 11.1 Å². The van der Waals surface area contributed by atoms with E-state index in [0.29, 0.717) is 0 Å². The van der Waals surface area contributed by atoms with Gasteiger partial charge in [0.25, 0.3) is 5.91 Å². The van der Waals surface area contributed by atoms with E-state index >= 15 is 0 Å². The molecule has 0 heterocycles. The third-order valence-electron chi connectivity index (χ3n) is 2.91. The maximum absolute atomic E-state index is 13.6. The van der Waals surface area contributed by atoms with E-state index < -0.39 is 17.7 Å². The molecule has 0 unspecified atom stereocenters. The first-order chi connectivity index (χ1) is 9.88. The van der Waals surface area contributed by atoms with E-state index in [9.17, 15) is 14.0 Å². The van der Waals surface area contributed by atoms with Crippen molar-refractivity contribution in [3.05, 3.63) is 58.9 Å². The highest BCUT2D eigenvalue weighted by Crippen LogP contribution is 2.21. The summed E-state index contributed by atoms with van der Waals surface area (Å²) in [6, 6.07) is 8.09. The van der Waals surface area contributed by atoms with Crippen molar-refractivity contribution in [1.29, 1.82) is 0 Å². The largest absolute Gasteiger partial charge is 0.478 e. The molecule has 108 valence electrons. The lowest BCUT2D eigenvalue weighted by molar-refractivity contribution is 0.0696. The van der Waals surface area contributed by atoms with Crippen LogP contribution in [0.5, 0.6) is 0 Å². The molecule has 0 saturated heterocycles. The van der Waals surface area contributed by atoms with Crippen LogP contribution in [0.3, 0.4) is 0 Å². The van der Waals surface area contributed by atoms with E-state index in [0.717, 1.165) is 5.56 Å². The number of anilines is 2. The van der Waals surface area contributed by atoms with Gasteiger partial charge in [-0.15, -0.1) is 0 Å². The molecule has 2 aromatic carbocycles. The number of aryl methyl sites for hydroxylation is 1. The Labute approximate surface area is 120 Å². The van der Waals surface area contributed by atoms with Crippen molar-refractivity contribution in [2.75, 3.05) is 11.1 Å². The molecule has 0 bridgehead atoms. The summed E-state index contributed by atoms with van der Waals surface area (Å²) in [6.45, 7) is 1.74. The first-order valence-electron chi connectivity index (χ1n) is 6.09. The first kappa shape index (κ1) is 14.5. The molecule has 21 heavy (non-hydrogen) atoms. The van der Waals surface area contributed by atoms with Crippen molar-refractivity contribution in [3.63, 3.8) is 0 Å². The van der Waals surface area contributed by atoms with E-state index in [1.165, 1.54) is 30.3 Å². The van der Waals surface area contributed by atoms with Crippen molar-refractivity contribution < 1.29 is 19.1 Å². The smallest absolute Gasteiger partial charge is 0.335 e. The zero-order valence-electron chi connectivity index (χ0n) is 11.2. The van der Waals surface area contributed by atoms with Gasteiger partial charge in [-0.05, 0) is 37.3 Å². The third-order valence-corrected chi connectivity index (χ3v) is 2.91. The highest BCUT2D eigenvalue weighted by atomic mass is 19.1. The second-order valence-electron chi connectivity index (χ2n) is 4.54. The minimum absolute atomic E-state index is 0.00670. The van der Waals surface area contributed by atoms with Crippen LogP contribution in [0.15, 0.2) is 36.4 Å². The summed E-state index contributed by atoms with van der Waals surface area (Å²) in [5.41, 5.74) is 6.66. The predicted octanol–water partition coefficient (Wildman–Crippen LogP) is 2.67. The molecule has 2 rings (SSSR count). The number of carbonyl (C=O) groups excluding carboxylic acids is 1. The minimum atomic E-state index is -1.12. The molecule has 0 aliphatic rings. The highest BCUT2D eigenvalue weighted by Gasteiger charge is 2.14. The van der Waals surface area contributed by atoms with E-state index in [1.807, 2.05) is 0 Å². The van der Waals surface area contributed by atoms with Crippen molar-refractivity contribution in [1.82, 2.24) is 0 Å². The zero-order valence-corrected chi connectivity index (χ0v) is 11.2. The second-order valence-corrected chi connectivity index (χ2v) is 4.54. The average Bonchev–Trinajstić information content (AvgIpc) is 2.43. The van der Waals surface area contributed by atoms with Gasteiger partial charge in [0.05, 0.1) is 22.5 Å². The lowest BCUT2D eigenvalue weighted by atomic mass is 10.1. The Hall–Kier alpha value is -2.89. The summed E-state index contributed by atoms with van der Waals surface area (Å²) in [4.78, 5) is 22.8. The number of nitrogens with two attached hydrogens (primary N) is 1. The van der Waals surface area contributed by atoms with Crippen molar-refractivity contribution in [3.8, 4) is 0 Å². The van der Waals surface area contributed by atoms with E-state index in [-0.39, 0.29) is 22.5 Å². The van der Waals surface area contributed by atoms with E-state index in [1.54, 1.807) is 13.0 Å². The van der Waals surface area contributed by atoms with Gasteiger partial charge in [0.2, 0.25) is 0 Å². The number of carboxylic acid groups (broad SMARTS) is 1. The molecule has 0 atom stereocenters. The van der Waals surface area contributed by atoms with Gasteiger partial charge in [0, 0.05) is 0 Å². The van der Waals surface area contributed by atoms with Gasteiger partial charge in [-0.25, -0.2) is 9.18 Å². The maximum Gasteiger partial charge on any atom is 0.335 e. The van der Waals surface area contributed by atoms with Gasteiger partial charge in [-0.2, -0.15) is 0 Å². The van der Waals surface area contributed by atoms with Crippen LogP contribution in [0.25, 0.3) is 0 Å². The molecule has 4 N–H and O–H groups in total. The van der Waals surface area contributed by atoms with Crippen LogP contribution in [0.4, 0.5) is 15.8 Å². The second kappa shape index (κ2) is 5.62. The molecular formula is C15H13FN2O3. The Kier molecular flexibility index (Phi) is 3.89. The average molecular weight is 288 g/mol. The lowest BCUT2D eigenvalue weighted by Gasteiger charge is -2.10. The number of carboxylic acids is 1. The quantitative estimate of drug-likeness (QED) is 0.757. The van der Waals surface area contributed by atoms with Crippen molar-refractivity contribution >= 4 is 23.3 Å². The van der Waals surface area contributed by atoms with Gasteiger partial charge in [-0.3, -0.25) is 4.79 Å². The first-order valence-corrected chi connectivity index (χ1v) is 6.09. The Morgan fingerprint density at radius 2 is 1.90 bits per heavy atom. The number of amides is 1. The van der Waals surface area contributed by atoms with Gasteiger partial charge in [0.1, 0.15) is 5.82 Å². The fraction of sp³-hybridized carbons (Fsp3) is 0.0667. The Bertz CT molecular complexity index is 729. The molecule has 5 nitrogen and oxygen atoms in total. The molecule has 0 aliphatic carbocycles. The highest BCUT2D eigenvalue weighted by molar-refractivity contribution is 6.06. The van der Waals surface area contributed by atoms with Crippen LogP contribution in [0, 0.1) is 12.7 Å². The normalized spacial score (nSPS) is 10.2. The molecule has 1 amide bonds. The number of rotatable bonds is 3. The monoisotopic (exact) mass is 288 g/mol. The number of nitrogen functional groups attached to an aromatic ring is 1. The van der Waals surface area contributed by atoms with E-state index in [2.05, 4.69) is 5.32 Å². The number of hydrogen-bond donors (Lipinski definition) is 3. The van der Waals surface area contributed by atoms with Crippen LogP contribution in [-0.4, -0.2) is 17.0 Å². The summed E-state index contributed by atoms with van der Waals surface area (Å²) in [5.74, 6) is -2.41. The maximum atomic E-state index is 13.6. The van der Waals surface area contributed by atoms with Crippen molar-refractivity contribution in [2.24, 2.45) is 0 Å². The molecule has 0 spiro atoms. The van der Waals surface area contributed by atoms with Crippen LogP contribution in [0.1, 0.15) is 26.3 Å². The van der Waals surface area contributed by atoms with Gasteiger partial charge in [-0.1, -0.05) is 11.6 Å². The van der Waals surface area contributed by atoms with Gasteiger partial charge < -0.3 is 16.2 Å². The Balaban J connectivity index is 2.27. The summed E-state index contributed by atoms with van der Waals surface area (Å²) in [6.07, 6.45) is 0. The lowest BCUT2D eigenvalue weighted by Crippen LogP contribution is -2.15. The number of nitrogens with one attached hydrogen (secondary N) is 1. The van der Waals surface area contributed by atoms with Gasteiger partial charge >= 0.3 is 5.97 Å². The molecule has 0 radical (unpaired) electrons. The number of aromatic carboxylic acids is 1. The van der Waals surface area contributed by atoms with Gasteiger partial charge in [0.15, 0.2) is 0 Å². The fourth-order valence-electron chi connectivity index (χ4n) is 1.81. The molecule has 0 saturated carbocycles. The Morgan fingerprint density at radius 1 is 1.19 bits per heavy atom. The molecular weight excluding hydrogens is 275 g/mol. The Morgan fingerprint density at radius 3 is 2.52 bits per heavy atom. The summed E-state index contributed by atoms with van der Waals surface area (Å²) >= 11 is 0. The fourth-order valence-corrected chi connectivity index (χ4v) is 1.81. The van der Waals surface area contributed by atoms with Crippen molar-refractivity contribution in [2.45, 2.75) is 6.92 Å². The van der Waals surface area contributed by atoms with E-state index in [4.69, 9.17) is 10.8 Å². The summed E-state index contributed by atoms with van der Waals surface area (Å²) < 4.78 is 13.6. The van der Waals surface area contributed by atoms with Crippen LogP contribution >= 0.6 is 0 Å². The molecule has 0 aromatic heterocycles. The SMILES string of the molecule is Cc1ccc(F)c(C(=O)Nc2ccc(C(=O)O)cc2N)c1. The summed E-state index contributed by atoms with van der Waals surface area (Å²) in [5, 5.41) is 11.3. The number of halogens is 1. The molecule has 2 aromatic rings. The number of carbonyl (C=O) groups is 2. The molecule has 0 fully saturated rings. The molecule has 6 heteroatoms. The zero-order chi connectivity index (χ0) is 15.6. The minimum Gasteiger partial charge on any atom is -0.478 e. The molecule has 0 aliphatic heterocycles. The number of benzene rings is 2. The topological polar surface area (TPSA) is 92.4 Å². The number of hydrogen-bond acceptors (Lipinski definition) is 3. The van der Waals surface area contributed by atoms with Crippen LogP contribution in [0.2, 0.25) is 0 Å². The standard InChI is InChI=1S/C15H13FN2O3/c1-8-2-4-11(16)10(6-8)14(19)18-13-5-3-9(15(20)21)7-12(13)17/h2-7H,17H2,1H3,(H,18,19)(H,20,21). The third kappa shape index (κ3) is 3.17. The summed E-state index contributed by atoms with van der Waals surface area (Å²) in [7, 11) is 0. The predicted molar refractivity (Wildman–Crippen MR) is 76.9 cm³/mol. The van der Waals surface area contributed by atoms with Crippen LogP contribution in [-0.2, 0) is 0 Å².